The Bertz CT molecular complexity index is 952. The van der Waals surface area contributed by atoms with E-state index < -0.39 is 23.3 Å². The molecule has 2 aromatic carbocycles. The second-order valence-electron chi connectivity index (χ2n) is 7.43. The summed E-state index contributed by atoms with van der Waals surface area (Å²) in [5.74, 6) is -0.915. The lowest BCUT2D eigenvalue weighted by atomic mass is 9.73. The second-order valence-corrected chi connectivity index (χ2v) is 7.43. The van der Waals surface area contributed by atoms with E-state index in [1.807, 2.05) is 42.3 Å². The zero-order valence-electron chi connectivity index (χ0n) is 15.1. The predicted octanol–water partition coefficient (Wildman–Crippen LogP) is 2.31. The molecule has 1 N–H and O–H groups in total. The molecular formula is C20H21N3O3. The van der Waals surface area contributed by atoms with Gasteiger partial charge in [-0.05, 0) is 36.2 Å². The number of barbiturate groups is 1. The third kappa shape index (κ3) is 2.14. The number of nitrogens with zero attached hydrogens (tertiary/aromatic N) is 2. The van der Waals surface area contributed by atoms with Crippen molar-refractivity contribution in [2.75, 3.05) is 18.5 Å². The number of imide groups is 2. The molecular weight excluding hydrogens is 330 g/mol. The van der Waals surface area contributed by atoms with Crippen LogP contribution in [0.15, 0.2) is 36.4 Å². The summed E-state index contributed by atoms with van der Waals surface area (Å²) in [6, 6.07) is 11.1. The predicted molar refractivity (Wildman–Crippen MR) is 98.9 cm³/mol. The fraction of sp³-hybridized carbons (Fsp3) is 0.350. The van der Waals surface area contributed by atoms with Gasteiger partial charge in [0.05, 0.1) is 0 Å². The molecule has 0 radical (unpaired) electrons. The highest BCUT2D eigenvalue weighted by Crippen LogP contribution is 2.42. The molecule has 1 saturated heterocycles. The van der Waals surface area contributed by atoms with Gasteiger partial charge in [-0.1, -0.05) is 30.3 Å². The van der Waals surface area contributed by atoms with Gasteiger partial charge in [0.25, 0.3) is 0 Å². The van der Waals surface area contributed by atoms with Crippen molar-refractivity contribution in [2.45, 2.75) is 26.3 Å². The average molecular weight is 351 g/mol. The standard InChI is InChI=1S/C20H21N3O3/c1-12(2)23-18(25)20(17(24)21-19(23)26)10-15-14-7-5-4-6-13(14)8-9-16(15)22(3)11-20/h4-9,12H,10-11H2,1-3H3,(H,21,24,26). The van der Waals surface area contributed by atoms with E-state index in [1.54, 1.807) is 13.8 Å². The fourth-order valence-corrected chi connectivity index (χ4v) is 4.18. The van der Waals surface area contributed by atoms with Crippen molar-refractivity contribution in [2.24, 2.45) is 5.41 Å². The lowest BCUT2D eigenvalue weighted by Gasteiger charge is -2.46. The van der Waals surface area contributed by atoms with Crippen LogP contribution in [0.5, 0.6) is 0 Å². The number of carbonyl (C=O) groups excluding carboxylic acids is 3. The summed E-state index contributed by atoms with van der Waals surface area (Å²) in [4.78, 5) is 41.4. The molecule has 4 amide bonds. The van der Waals surface area contributed by atoms with Crippen molar-refractivity contribution in [3.05, 3.63) is 42.0 Å². The van der Waals surface area contributed by atoms with Gasteiger partial charge in [0.2, 0.25) is 11.8 Å². The Morgan fingerprint density at radius 3 is 2.54 bits per heavy atom. The van der Waals surface area contributed by atoms with Crippen LogP contribution in [-0.4, -0.2) is 42.4 Å². The largest absolute Gasteiger partial charge is 0.373 e. The number of hydrogen-bond acceptors (Lipinski definition) is 4. The second kappa shape index (κ2) is 5.56. The van der Waals surface area contributed by atoms with Crippen LogP contribution in [-0.2, 0) is 16.0 Å². The van der Waals surface area contributed by atoms with Crippen molar-refractivity contribution in [3.63, 3.8) is 0 Å². The third-order valence-corrected chi connectivity index (χ3v) is 5.43. The first-order chi connectivity index (χ1) is 12.3. The molecule has 0 bridgehead atoms. The molecule has 0 saturated carbocycles. The van der Waals surface area contributed by atoms with Crippen molar-refractivity contribution < 1.29 is 14.4 Å². The fourth-order valence-electron chi connectivity index (χ4n) is 4.18. The molecule has 0 aromatic heterocycles. The molecule has 134 valence electrons. The summed E-state index contributed by atoms with van der Waals surface area (Å²) >= 11 is 0. The van der Waals surface area contributed by atoms with Crippen LogP contribution in [0.4, 0.5) is 10.5 Å². The molecule has 1 fully saturated rings. The number of amides is 4. The molecule has 2 heterocycles. The minimum atomic E-state index is -1.29. The lowest BCUT2D eigenvalue weighted by molar-refractivity contribution is -0.152. The van der Waals surface area contributed by atoms with Gasteiger partial charge in [-0.25, -0.2) is 4.79 Å². The molecule has 4 rings (SSSR count). The van der Waals surface area contributed by atoms with E-state index in [-0.39, 0.29) is 19.0 Å². The summed E-state index contributed by atoms with van der Waals surface area (Å²) in [6.07, 6.45) is 0.287. The third-order valence-electron chi connectivity index (χ3n) is 5.43. The molecule has 1 spiro atoms. The molecule has 6 nitrogen and oxygen atoms in total. The number of fused-ring (bicyclic) bond motifs is 3. The van der Waals surface area contributed by atoms with Gasteiger partial charge in [0.1, 0.15) is 5.41 Å². The SMILES string of the molecule is CC(C)N1C(=O)NC(=O)C2(Cc3c(ccc4ccccc34)N(C)C2)C1=O. The quantitative estimate of drug-likeness (QED) is 0.801. The molecule has 26 heavy (non-hydrogen) atoms. The van der Waals surface area contributed by atoms with Crippen LogP contribution < -0.4 is 10.2 Å². The number of nitrogens with one attached hydrogen (secondary N) is 1. The normalized spacial score (nSPS) is 23.0. The summed E-state index contributed by atoms with van der Waals surface area (Å²) in [5, 5.41) is 4.50. The first-order valence-corrected chi connectivity index (χ1v) is 8.76. The first-order valence-electron chi connectivity index (χ1n) is 8.76. The minimum absolute atomic E-state index is 0.250. The Morgan fingerprint density at radius 2 is 1.81 bits per heavy atom. The smallest absolute Gasteiger partial charge is 0.331 e. The van der Waals surface area contributed by atoms with Gasteiger partial charge in [0.15, 0.2) is 0 Å². The molecule has 1 atom stereocenters. The number of rotatable bonds is 1. The zero-order chi connectivity index (χ0) is 18.6. The summed E-state index contributed by atoms with van der Waals surface area (Å²) in [6.45, 7) is 3.80. The van der Waals surface area contributed by atoms with Gasteiger partial charge >= 0.3 is 6.03 Å². The maximum absolute atomic E-state index is 13.3. The zero-order valence-corrected chi connectivity index (χ0v) is 15.1. The first kappa shape index (κ1) is 16.6. The number of hydrogen-bond donors (Lipinski definition) is 1. The maximum Gasteiger partial charge on any atom is 0.331 e. The van der Waals surface area contributed by atoms with E-state index in [9.17, 15) is 14.4 Å². The Morgan fingerprint density at radius 1 is 1.08 bits per heavy atom. The van der Waals surface area contributed by atoms with Crippen LogP contribution >= 0.6 is 0 Å². The maximum atomic E-state index is 13.3. The number of benzene rings is 2. The van der Waals surface area contributed by atoms with E-state index in [0.29, 0.717) is 0 Å². The lowest BCUT2D eigenvalue weighted by Crippen LogP contribution is -2.69. The van der Waals surface area contributed by atoms with Crippen LogP contribution in [0.25, 0.3) is 10.8 Å². The average Bonchev–Trinajstić information content (AvgIpc) is 2.59. The van der Waals surface area contributed by atoms with Crippen LogP contribution in [0, 0.1) is 5.41 Å². The van der Waals surface area contributed by atoms with Gasteiger partial charge in [0, 0.05) is 31.7 Å². The summed E-state index contributed by atoms with van der Waals surface area (Å²) in [7, 11) is 1.88. The van der Waals surface area contributed by atoms with E-state index in [1.165, 1.54) is 4.90 Å². The Labute approximate surface area is 151 Å². The van der Waals surface area contributed by atoms with Gasteiger partial charge in [-0.15, -0.1) is 0 Å². The van der Waals surface area contributed by atoms with Crippen LogP contribution in [0.3, 0.4) is 0 Å². The Kier molecular flexibility index (Phi) is 3.54. The summed E-state index contributed by atoms with van der Waals surface area (Å²) in [5.41, 5.74) is 0.700. The van der Waals surface area contributed by atoms with Crippen molar-refractivity contribution in [1.29, 1.82) is 0 Å². The Balaban J connectivity index is 1.89. The van der Waals surface area contributed by atoms with Crippen molar-refractivity contribution in [3.8, 4) is 0 Å². The van der Waals surface area contributed by atoms with Gasteiger partial charge in [-0.3, -0.25) is 19.8 Å². The topological polar surface area (TPSA) is 69.7 Å². The van der Waals surface area contributed by atoms with E-state index in [4.69, 9.17) is 0 Å². The van der Waals surface area contributed by atoms with Crippen molar-refractivity contribution in [1.82, 2.24) is 10.2 Å². The highest BCUT2D eigenvalue weighted by Gasteiger charge is 2.56. The molecule has 2 aromatic rings. The Hall–Kier alpha value is -2.89. The number of anilines is 1. The molecule has 2 aliphatic rings. The minimum Gasteiger partial charge on any atom is -0.373 e. The highest BCUT2D eigenvalue weighted by molar-refractivity contribution is 6.20. The van der Waals surface area contributed by atoms with Crippen LogP contribution in [0.2, 0.25) is 0 Å². The van der Waals surface area contributed by atoms with Crippen molar-refractivity contribution >= 4 is 34.3 Å². The number of carbonyl (C=O) groups is 3. The molecule has 1 unspecified atom stereocenters. The van der Waals surface area contributed by atoms with Gasteiger partial charge < -0.3 is 4.90 Å². The molecule has 6 heteroatoms. The van der Waals surface area contributed by atoms with E-state index in [0.717, 1.165) is 22.0 Å². The molecule has 0 aliphatic carbocycles. The highest BCUT2D eigenvalue weighted by atomic mass is 16.2. The van der Waals surface area contributed by atoms with Crippen LogP contribution in [0.1, 0.15) is 19.4 Å². The van der Waals surface area contributed by atoms with E-state index >= 15 is 0 Å². The monoisotopic (exact) mass is 351 g/mol. The number of urea groups is 1. The molecule has 2 aliphatic heterocycles. The van der Waals surface area contributed by atoms with Gasteiger partial charge in [-0.2, -0.15) is 0 Å². The van der Waals surface area contributed by atoms with E-state index in [2.05, 4.69) is 11.4 Å². The summed E-state index contributed by atoms with van der Waals surface area (Å²) < 4.78 is 0.